The Hall–Kier alpha value is -1.64. The summed E-state index contributed by atoms with van der Waals surface area (Å²) in [5.41, 5.74) is 5.65. The number of hydrogen-bond donors (Lipinski definition) is 3. The fourth-order valence-electron chi connectivity index (χ4n) is 1.47. The summed E-state index contributed by atoms with van der Waals surface area (Å²) in [4.78, 5) is 11.3. The second-order valence-electron chi connectivity index (χ2n) is 4.16. The van der Waals surface area contributed by atoms with Gasteiger partial charge in [-0.1, -0.05) is 6.92 Å². The molecule has 0 spiro atoms. The SMILES string of the molecule is CCC(O)CNS(=O)(=O)c1cc(N)ccc1C(=O)OC. The van der Waals surface area contributed by atoms with Crippen LogP contribution >= 0.6 is 0 Å². The number of aliphatic hydroxyl groups is 1. The largest absolute Gasteiger partial charge is 0.465 e. The Bertz CT molecular complexity index is 586. The number of nitrogens with two attached hydrogens (primary N) is 1. The van der Waals surface area contributed by atoms with Crippen molar-refractivity contribution >= 4 is 21.7 Å². The van der Waals surface area contributed by atoms with Crippen molar-refractivity contribution in [2.45, 2.75) is 24.3 Å². The summed E-state index contributed by atoms with van der Waals surface area (Å²) in [7, 11) is -2.81. The second-order valence-corrected chi connectivity index (χ2v) is 5.90. The molecule has 112 valence electrons. The minimum Gasteiger partial charge on any atom is -0.465 e. The first kappa shape index (κ1) is 16.4. The summed E-state index contributed by atoms with van der Waals surface area (Å²) in [5.74, 6) is -0.776. The maximum Gasteiger partial charge on any atom is 0.339 e. The first-order valence-corrected chi connectivity index (χ1v) is 7.45. The van der Waals surface area contributed by atoms with Gasteiger partial charge in [0.15, 0.2) is 0 Å². The molecular weight excluding hydrogens is 284 g/mol. The topological polar surface area (TPSA) is 119 Å². The van der Waals surface area contributed by atoms with E-state index in [1.807, 2.05) is 0 Å². The van der Waals surface area contributed by atoms with Crippen LogP contribution in [-0.4, -0.2) is 39.3 Å². The van der Waals surface area contributed by atoms with Gasteiger partial charge >= 0.3 is 5.97 Å². The standard InChI is InChI=1S/C12H18N2O5S/c1-3-9(15)7-14-20(17,18)11-6-8(13)4-5-10(11)12(16)19-2/h4-6,9,14-15H,3,7,13H2,1-2H3. The van der Waals surface area contributed by atoms with Crippen LogP contribution in [0.5, 0.6) is 0 Å². The number of hydrogen-bond acceptors (Lipinski definition) is 6. The lowest BCUT2D eigenvalue weighted by molar-refractivity contribution is 0.0596. The fraction of sp³-hybridized carbons (Fsp3) is 0.417. The molecule has 0 heterocycles. The Morgan fingerprint density at radius 3 is 2.70 bits per heavy atom. The van der Waals surface area contributed by atoms with Crippen molar-refractivity contribution in [3.63, 3.8) is 0 Å². The van der Waals surface area contributed by atoms with E-state index in [0.29, 0.717) is 6.42 Å². The molecule has 0 saturated carbocycles. The average molecular weight is 302 g/mol. The summed E-state index contributed by atoms with van der Waals surface area (Å²) < 4.78 is 31.1. The van der Waals surface area contributed by atoms with E-state index in [1.165, 1.54) is 18.2 Å². The Kier molecular flexibility index (Phi) is 5.49. The molecule has 1 aromatic carbocycles. The zero-order valence-electron chi connectivity index (χ0n) is 11.3. The smallest absolute Gasteiger partial charge is 0.339 e. The van der Waals surface area contributed by atoms with Crippen LogP contribution in [0.25, 0.3) is 0 Å². The molecule has 20 heavy (non-hydrogen) atoms. The lowest BCUT2D eigenvalue weighted by Crippen LogP contribution is -2.32. The predicted octanol–water partition coefficient (Wildman–Crippen LogP) is 0.105. The van der Waals surface area contributed by atoms with Gasteiger partial charge in [0.05, 0.1) is 23.7 Å². The van der Waals surface area contributed by atoms with E-state index in [4.69, 9.17) is 5.73 Å². The van der Waals surface area contributed by atoms with Gasteiger partial charge in [0.2, 0.25) is 10.0 Å². The van der Waals surface area contributed by atoms with Gasteiger partial charge in [0.25, 0.3) is 0 Å². The molecule has 0 aliphatic carbocycles. The van der Waals surface area contributed by atoms with Crippen molar-refractivity contribution < 1.29 is 23.1 Å². The first-order chi connectivity index (χ1) is 9.31. The quantitative estimate of drug-likeness (QED) is 0.507. The summed E-state index contributed by atoms with van der Waals surface area (Å²) in [5, 5.41) is 9.40. The van der Waals surface area contributed by atoms with Crippen LogP contribution in [0.4, 0.5) is 5.69 Å². The zero-order chi connectivity index (χ0) is 15.3. The van der Waals surface area contributed by atoms with E-state index < -0.39 is 22.1 Å². The molecule has 4 N–H and O–H groups in total. The van der Waals surface area contributed by atoms with Gasteiger partial charge in [-0.25, -0.2) is 17.9 Å². The highest BCUT2D eigenvalue weighted by molar-refractivity contribution is 7.89. The van der Waals surface area contributed by atoms with Gasteiger partial charge in [0, 0.05) is 12.2 Å². The molecule has 0 saturated heterocycles. The average Bonchev–Trinajstić information content (AvgIpc) is 2.43. The van der Waals surface area contributed by atoms with Crippen LogP contribution in [-0.2, 0) is 14.8 Å². The summed E-state index contributed by atoms with van der Waals surface area (Å²) in [6.45, 7) is 1.58. The van der Waals surface area contributed by atoms with Crippen LogP contribution in [0.2, 0.25) is 0 Å². The van der Waals surface area contributed by atoms with Crippen LogP contribution in [0.3, 0.4) is 0 Å². The van der Waals surface area contributed by atoms with Crippen molar-refractivity contribution in [3.8, 4) is 0 Å². The molecule has 0 fully saturated rings. The first-order valence-electron chi connectivity index (χ1n) is 5.97. The van der Waals surface area contributed by atoms with Crippen LogP contribution in [0.1, 0.15) is 23.7 Å². The summed E-state index contributed by atoms with van der Waals surface area (Å²) in [6, 6.07) is 3.87. The van der Waals surface area contributed by atoms with Gasteiger partial charge in [-0.3, -0.25) is 0 Å². The molecule has 0 amide bonds. The number of ether oxygens (including phenoxy) is 1. The second kappa shape index (κ2) is 6.69. The van der Waals surface area contributed by atoms with E-state index in [2.05, 4.69) is 9.46 Å². The summed E-state index contributed by atoms with van der Waals surface area (Å²) in [6.07, 6.45) is -0.393. The molecule has 8 heteroatoms. The third kappa shape index (κ3) is 3.92. The third-order valence-electron chi connectivity index (χ3n) is 2.68. The number of sulfonamides is 1. The van der Waals surface area contributed by atoms with Crippen molar-refractivity contribution in [2.24, 2.45) is 0 Å². The minimum absolute atomic E-state index is 0.111. The highest BCUT2D eigenvalue weighted by Crippen LogP contribution is 2.20. The normalized spacial score (nSPS) is 12.9. The highest BCUT2D eigenvalue weighted by Gasteiger charge is 2.23. The molecule has 0 aliphatic heterocycles. The molecule has 0 radical (unpaired) electrons. The Labute approximate surface area is 117 Å². The minimum atomic E-state index is -3.96. The number of carbonyl (C=O) groups excluding carboxylic acids is 1. The van der Waals surface area contributed by atoms with Crippen molar-refractivity contribution in [1.29, 1.82) is 0 Å². The van der Waals surface area contributed by atoms with Crippen LogP contribution in [0.15, 0.2) is 23.1 Å². The van der Waals surface area contributed by atoms with Crippen molar-refractivity contribution in [1.82, 2.24) is 4.72 Å². The van der Waals surface area contributed by atoms with Gasteiger partial charge in [0.1, 0.15) is 0 Å². The van der Waals surface area contributed by atoms with E-state index in [-0.39, 0.29) is 22.7 Å². The molecule has 7 nitrogen and oxygen atoms in total. The molecule has 0 bridgehead atoms. The Morgan fingerprint density at radius 1 is 1.50 bits per heavy atom. The van der Waals surface area contributed by atoms with Crippen LogP contribution < -0.4 is 10.5 Å². The number of aliphatic hydroxyl groups excluding tert-OH is 1. The lowest BCUT2D eigenvalue weighted by Gasteiger charge is -2.13. The maximum atomic E-state index is 12.2. The monoisotopic (exact) mass is 302 g/mol. The molecule has 0 aliphatic rings. The molecule has 1 aromatic rings. The number of carbonyl (C=O) groups is 1. The summed E-state index contributed by atoms with van der Waals surface area (Å²) >= 11 is 0. The van der Waals surface area contributed by atoms with E-state index in [0.717, 1.165) is 7.11 Å². The number of nitrogen functional groups attached to an aromatic ring is 1. The van der Waals surface area contributed by atoms with E-state index >= 15 is 0 Å². The Balaban J connectivity index is 3.16. The van der Waals surface area contributed by atoms with Crippen molar-refractivity contribution in [3.05, 3.63) is 23.8 Å². The van der Waals surface area contributed by atoms with Crippen LogP contribution in [0, 0.1) is 0 Å². The van der Waals surface area contributed by atoms with Gasteiger partial charge in [-0.2, -0.15) is 0 Å². The van der Waals surface area contributed by atoms with E-state index in [1.54, 1.807) is 6.92 Å². The van der Waals surface area contributed by atoms with Gasteiger partial charge in [-0.15, -0.1) is 0 Å². The molecule has 0 aromatic heterocycles. The number of methoxy groups -OCH3 is 1. The fourth-order valence-corrected chi connectivity index (χ4v) is 2.77. The number of nitrogens with one attached hydrogen (secondary N) is 1. The molecular formula is C12H18N2O5S. The molecule has 1 rings (SSSR count). The van der Waals surface area contributed by atoms with Gasteiger partial charge in [-0.05, 0) is 24.6 Å². The molecule has 1 unspecified atom stereocenters. The number of esters is 1. The molecule has 1 atom stereocenters. The third-order valence-corrected chi connectivity index (χ3v) is 4.14. The number of anilines is 1. The highest BCUT2D eigenvalue weighted by atomic mass is 32.2. The van der Waals surface area contributed by atoms with Gasteiger partial charge < -0.3 is 15.6 Å². The predicted molar refractivity (Wildman–Crippen MR) is 73.7 cm³/mol. The number of benzene rings is 1. The van der Waals surface area contributed by atoms with E-state index in [9.17, 15) is 18.3 Å². The number of rotatable bonds is 6. The zero-order valence-corrected chi connectivity index (χ0v) is 12.1. The lowest BCUT2D eigenvalue weighted by atomic mass is 10.2. The van der Waals surface area contributed by atoms with Crippen molar-refractivity contribution in [2.75, 3.05) is 19.4 Å². The maximum absolute atomic E-state index is 12.2. The Morgan fingerprint density at radius 2 is 2.15 bits per heavy atom.